The zero-order chi connectivity index (χ0) is 12.1. The SMILES string of the molecule is CC(C)NC(=O)COc1ccc(N)cc1Cl. The van der Waals surface area contributed by atoms with E-state index in [1.807, 2.05) is 13.8 Å². The van der Waals surface area contributed by atoms with Gasteiger partial charge >= 0.3 is 0 Å². The van der Waals surface area contributed by atoms with Crippen LogP contribution in [0.15, 0.2) is 18.2 Å². The van der Waals surface area contributed by atoms with Crippen LogP contribution in [0, 0.1) is 0 Å². The number of nitrogens with two attached hydrogens (primary N) is 1. The van der Waals surface area contributed by atoms with Gasteiger partial charge < -0.3 is 15.8 Å². The summed E-state index contributed by atoms with van der Waals surface area (Å²) in [6, 6.07) is 4.98. The Balaban J connectivity index is 2.51. The molecule has 5 heteroatoms. The van der Waals surface area contributed by atoms with Crippen LogP contribution in [-0.2, 0) is 4.79 Å². The monoisotopic (exact) mass is 242 g/mol. The van der Waals surface area contributed by atoms with Gasteiger partial charge in [0.2, 0.25) is 0 Å². The second-order valence-electron chi connectivity index (χ2n) is 3.70. The van der Waals surface area contributed by atoms with Crippen molar-refractivity contribution in [2.45, 2.75) is 19.9 Å². The van der Waals surface area contributed by atoms with Crippen molar-refractivity contribution in [2.75, 3.05) is 12.3 Å². The van der Waals surface area contributed by atoms with Gasteiger partial charge in [0, 0.05) is 11.7 Å². The van der Waals surface area contributed by atoms with Gasteiger partial charge in [-0.25, -0.2) is 0 Å². The topological polar surface area (TPSA) is 64.3 Å². The summed E-state index contributed by atoms with van der Waals surface area (Å²) in [4.78, 5) is 11.3. The summed E-state index contributed by atoms with van der Waals surface area (Å²) in [5.41, 5.74) is 6.09. The number of nitrogen functional groups attached to an aromatic ring is 1. The van der Waals surface area contributed by atoms with Gasteiger partial charge in [-0.3, -0.25) is 4.79 Å². The molecule has 0 aliphatic rings. The summed E-state index contributed by atoms with van der Waals surface area (Å²) < 4.78 is 5.25. The highest BCUT2D eigenvalue weighted by molar-refractivity contribution is 6.32. The molecular weight excluding hydrogens is 228 g/mol. The van der Waals surface area contributed by atoms with Crippen LogP contribution < -0.4 is 15.8 Å². The molecule has 0 saturated heterocycles. The molecule has 0 bridgehead atoms. The van der Waals surface area contributed by atoms with E-state index in [4.69, 9.17) is 22.1 Å². The highest BCUT2D eigenvalue weighted by atomic mass is 35.5. The number of ether oxygens (including phenoxy) is 1. The number of nitrogens with one attached hydrogen (secondary N) is 1. The minimum atomic E-state index is -0.178. The van der Waals surface area contributed by atoms with Crippen molar-refractivity contribution in [1.82, 2.24) is 5.32 Å². The largest absolute Gasteiger partial charge is 0.482 e. The second-order valence-corrected chi connectivity index (χ2v) is 4.11. The van der Waals surface area contributed by atoms with E-state index in [-0.39, 0.29) is 18.6 Å². The first-order chi connectivity index (χ1) is 7.49. The van der Waals surface area contributed by atoms with E-state index in [1.54, 1.807) is 18.2 Å². The average molecular weight is 243 g/mol. The molecule has 0 aliphatic carbocycles. The molecule has 1 aromatic carbocycles. The number of carbonyl (C=O) groups excluding carboxylic acids is 1. The number of benzene rings is 1. The molecular formula is C11H15ClN2O2. The average Bonchev–Trinajstić information content (AvgIpc) is 2.15. The van der Waals surface area contributed by atoms with Gasteiger partial charge in [-0.05, 0) is 32.0 Å². The zero-order valence-corrected chi connectivity index (χ0v) is 10.0. The first-order valence-corrected chi connectivity index (χ1v) is 5.34. The van der Waals surface area contributed by atoms with E-state index in [0.717, 1.165) is 0 Å². The maximum absolute atomic E-state index is 11.3. The molecule has 0 aromatic heterocycles. The lowest BCUT2D eigenvalue weighted by Gasteiger charge is -2.10. The summed E-state index contributed by atoms with van der Waals surface area (Å²) in [7, 11) is 0. The lowest BCUT2D eigenvalue weighted by Crippen LogP contribution is -2.34. The molecule has 0 atom stereocenters. The minimum absolute atomic E-state index is 0.0538. The molecule has 1 aromatic rings. The molecule has 0 fully saturated rings. The number of carbonyl (C=O) groups is 1. The number of amides is 1. The fourth-order valence-electron chi connectivity index (χ4n) is 1.14. The predicted octanol–water partition coefficient (Wildman–Crippen LogP) is 1.83. The molecule has 3 N–H and O–H groups in total. The first kappa shape index (κ1) is 12.6. The number of anilines is 1. The molecule has 0 aliphatic heterocycles. The Kier molecular flexibility index (Phi) is 4.43. The van der Waals surface area contributed by atoms with Gasteiger partial charge in [0.05, 0.1) is 5.02 Å². The van der Waals surface area contributed by atoms with Crippen molar-refractivity contribution >= 4 is 23.2 Å². The molecule has 88 valence electrons. The van der Waals surface area contributed by atoms with Crippen molar-refractivity contribution in [2.24, 2.45) is 0 Å². The zero-order valence-electron chi connectivity index (χ0n) is 9.29. The second kappa shape index (κ2) is 5.61. The van der Waals surface area contributed by atoms with E-state index < -0.39 is 0 Å². The molecule has 0 spiro atoms. The van der Waals surface area contributed by atoms with Crippen LogP contribution >= 0.6 is 11.6 Å². The molecule has 0 unspecified atom stereocenters. The van der Waals surface area contributed by atoms with Crippen molar-refractivity contribution in [3.05, 3.63) is 23.2 Å². The molecule has 0 radical (unpaired) electrons. The summed E-state index contributed by atoms with van der Waals surface area (Å²) >= 11 is 5.88. The summed E-state index contributed by atoms with van der Waals surface area (Å²) in [6.45, 7) is 3.71. The third kappa shape index (κ3) is 3.98. The van der Waals surface area contributed by atoms with Gasteiger partial charge in [-0.15, -0.1) is 0 Å². The lowest BCUT2D eigenvalue weighted by molar-refractivity contribution is -0.123. The predicted molar refractivity (Wildman–Crippen MR) is 64.6 cm³/mol. The quantitative estimate of drug-likeness (QED) is 0.792. The third-order valence-corrected chi connectivity index (χ3v) is 2.06. The van der Waals surface area contributed by atoms with Gasteiger partial charge in [-0.2, -0.15) is 0 Å². The van der Waals surface area contributed by atoms with Crippen LogP contribution in [0.25, 0.3) is 0 Å². The number of rotatable bonds is 4. The number of halogens is 1. The van der Waals surface area contributed by atoms with E-state index in [9.17, 15) is 4.79 Å². The Bertz CT molecular complexity index is 380. The van der Waals surface area contributed by atoms with Crippen LogP contribution in [0.2, 0.25) is 5.02 Å². The van der Waals surface area contributed by atoms with E-state index in [1.165, 1.54) is 0 Å². The third-order valence-electron chi connectivity index (χ3n) is 1.76. The molecule has 1 amide bonds. The summed E-state index contributed by atoms with van der Waals surface area (Å²) in [5.74, 6) is 0.276. The lowest BCUT2D eigenvalue weighted by atomic mass is 10.3. The Morgan fingerprint density at radius 1 is 1.56 bits per heavy atom. The van der Waals surface area contributed by atoms with Crippen LogP contribution in [0.3, 0.4) is 0 Å². The molecule has 1 rings (SSSR count). The number of hydrogen-bond donors (Lipinski definition) is 2. The van der Waals surface area contributed by atoms with E-state index in [2.05, 4.69) is 5.32 Å². The van der Waals surface area contributed by atoms with Crippen LogP contribution in [0.5, 0.6) is 5.75 Å². The fraction of sp³-hybridized carbons (Fsp3) is 0.364. The maximum Gasteiger partial charge on any atom is 0.258 e. The van der Waals surface area contributed by atoms with Crippen molar-refractivity contribution in [1.29, 1.82) is 0 Å². The van der Waals surface area contributed by atoms with Crippen LogP contribution in [0.1, 0.15) is 13.8 Å². The smallest absolute Gasteiger partial charge is 0.258 e. The van der Waals surface area contributed by atoms with E-state index in [0.29, 0.717) is 16.5 Å². The first-order valence-electron chi connectivity index (χ1n) is 4.96. The standard InChI is InChI=1S/C11H15ClN2O2/c1-7(2)14-11(15)6-16-10-4-3-8(13)5-9(10)12/h3-5,7H,6,13H2,1-2H3,(H,14,15). The van der Waals surface area contributed by atoms with Gasteiger partial charge in [-0.1, -0.05) is 11.6 Å². The Labute approximate surface area is 99.7 Å². The van der Waals surface area contributed by atoms with Crippen molar-refractivity contribution in [3.8, 4) is 5.75 Å². The van der Waals surface area contributed by atoms with Gasteiger partial charge in [0.1, 0.15) is 5.75 Å². The maximum atomic E-state index is 11.3. The molecule has 4 nitrogen and oxygen atoms in total. The Morgan fingerprint density at radius 2 is 2.25 bits per heavy atom. The van der Waals surface area contributed by atoms with Gasteiger partial charge in [0.25, 0.3) is 5.91 Å². The number of hydrogen-bond acceptors (Lipinski definition) is 3. The van der Waals surface area contributed by atoms with Crippen molar-refractivity contribution < 1.29 is 9.53 Å². The Hall–Kier alpha value is -1.42. The Morgan fingerprint density at radius 3 is 2.81 bits per heavy atom. The summed E-state index contributed by atoms with van der Waals surface area (Å²) in [5, 5.41) is 3.11. The highest BCUT2D eigenvalue weighted by Crippen LogP contribution is 2.26. The fourth-order valence-corrected chi connectivity index (χ4v) is 1.38. The van der Waals surface area contributed by atoms with Crippen LogP contribution in [0.4, 0.5) is 5.69 Å². The summed E-state index contributed by atoms with van der Waals surface area (Å²) in [6.07, 6.45) is 0. The van der Waals surface area contributed by atoms with E-state index >= 15 is 0 Å². The van der Waals surface area contributed by atoms with Crippen LogP contribution in [-0.4, -0.2) is 18.6 Å². The molecule has 0 saturated carbocycles. The molecule has 0 heterocycles. The molecule has 16 heavy (non-hydrogen) atoms. The normalized spacial score (nSPS) is 10.2. The van der Waals surface area contributed by atoms with Crippen molar-refractivity contribution in [3.63, 3.8) is 0 Å². The minimum Gasteiger partial charge on any atom is -0.482 e. The van der Waals surface area contributed by atoms with Gasteiger partial charge in [0.15, 0.2) is 6.61 Å². The highest BCUT2D eigenvalue weighted by Gasteiger charge is 2.06.